The monoisotopic (exact) mass is 958 g/mol. The van der Waals surface area contributed by atoms with E-state index in [9.17, 15) is 52.8 Å². The Bertz CT molecular complexity index is 2430. The van der Waals surface area contributed by atoms with E-state index in [1.54, 1.807) is 0 Å². The molecule has 2 amide bonds. The molecule has 2 aromatic heterocycles. The molecule has 0 spiro atoms. The number of amides is 2. The first-order chi connectivity index (χ1) is 27.2. The molecule has 0 aliphatic heterocycles. The number of nitrogens with one attached hydrogen (secondary N) is 1. The summed E-state index contributed by atoms with van der Waals surface area (Å²) in [4.78, 5) is 40.5. The average Bonchev–Trinajstić information content (AvgIpc) is 3.15. The molecule has 0 saturated carbocycles. The fourth-order valence-corrected chi connectivity index (χ4v) is 7.67. The third-order valence-corrected chi connectivity index (χ3v) is 11.5. The summed E-state index contributed by atoms with van der Waals surface area (Å²) >= 11 is 22.8. The largest absolute Gasteiger partial charge is 0.417 e. The van der Waals surface area contributed by atoms with Gasteiger partial charge in [-0.2, -0.15) is 26.3 Å². The zero-order chi connectivity index (χ0) is 44.8. The van der Waals surface area contributed by atoms with Crippen molar-refractivity contribution in [3.63, 3.8) is 0 Å². The van der Waals surface area contributed by atoms with Crippen LogP contribution in [0, 0.1) is 0 Å². The topological polar surface area (TPSA) is 178 Å². The van der Waals surface area contributed by atoms with Gasteiger partial charge in [0.05, 0.1) is 66.6 Å². The minimum atomic E-state index is -4.89. The van der Waals surface area contributed by atoms with E-state index < -0.39 is 81.9 Å². The molecule has 322 valence electrons. The van der Waals surface area contributed by atoms with Gasteiger partial charge in [0, 0.05) is 33.6 Å². The summed E-state index contributed by atoms with van der Waals surface area (Å²) < 4.78 is 138. The van der Waals surface area contributed by atoms with E-state index in [1.807, 2.05) is 4.72 Å². The number of anilines is 2. The third kappa shape index (κ3) is 12.0. The Morgan fingerprint density at radius 3 is 1.61 bits per heavy atom. The van der Waals surface area contributed by atoms with E-state index in [2.05, 4.69) is 9.97 Å². The molecule has 0 radical (unpaired) electrons. The molecule has 0 aliphatic carbocycles. The first-order valence-corrected chi connectivity index (χ1v) is 19.9. The highest BCUT2D eigenvalue weighted by atomic mass is 35.5. The van der Waals surface area contributed by atoms with Crippen LogP contribution in [-0.4, -0.2) is 90.9 Å². The zero-order valence-corrected chi connectivity index (χ0v) is 35.1. The van der Waals surface area contributed by atoms with Gasteiger partial charge in [0.1, 0.15) is 6.73 Å². The van der Waals surface area contributed by atoms with Crippen molar-refractivity contribution in [2.24, 2.45) is 0 Å². The summed E-state index contributed by atoms with van der Waals surface area (Å²) in [5, 5.41) is 0.177. The van der Waals surface area contributed by atoms with Crippen LogP contribution in [0.5, 0.6) is 0 Å². The zero-order valence-electron chi connectivity index (χ0n) is 30.5. The van der Waals surface area contributed by atoms with Crippen molar-refractivity contribution in [2.45, 2.75) is 22.1 Å². The van der Waals surface area contributed by atoms with E-state index in [1.165, 1.54) is 28.3 Å². The molecule has 0 unspecified atom stereocenters. The number of carbonyl (C=O) groups is 2. The maximum atomic E-state index is 13.2. The molecule has 0 saturated heterocycles. The second-order valence-electron chi connectivity index (χ2n) is 11.2. The van der Waals surface area contributed by atoms with Gasteiger partial charge in [-0.3, -0.25) is 24.0 Å². The minimum Gasteiger partial charge on any atom is -0.363 e. The first-order valence-electron chi connectivity index (χ1n) is 15.4. The fourth-order valence-electron chi connectivity index (χ4n) is 4.42. The van der Waals surface area contributed by atoms with Gasteiger partial charge in [-0.25, -0.2) is 41.2 Å². The van der Waals surface area contributed by atoms with Crippen molar-refractivity contribution in [3.8, 4) is 0 Å². The van der Waals surface area contributed by atoms with Crippen molar-refractivity contribution < 1.29 is 67.2 Å². The lowest BCUT2D eigenvalue weighted by Crippen LogP contribution is -2.36. The Morgan fingerprint density at radius 1 is 0.695 bits per heavy atom. The Kier molecular flexibility index (Phi) is 16.2. The van der Waals surface area contributed by atoms with E-state index in [-0.39, 0.29) is 32.8 Å². The number of halogens is 10. The predicted octanol–water partition coefficient (Wildman–Crippen LogP) is 7.68. The number of hydrogen-bond donors (Lipinski definition) is 1. The summed E-state index contributed by atoms with van der Waals surface area (Å²) in [6, 6.07) is 6.37. The van der Waals surface area contributed by atoms with Crippen LogP contribution in [0.25, 0.3) is 0 Å². The number of benzene rings is 2. The molecular weight excluding hydrogens is 932 g/mol. The van der Waals surface area contributed by atoms with Crippen LogP contribution in [0.4, 0.5) is 37.7 Å². The fraction of sp³-hybridized carbons (Fsp3) is 0.250. The Hall–Kier alpha value is -4.20. The smallest absolute Gasteiger partial charge is 0.363 e. The number of methoxy groups -OCH3 is 1. The average molecular weight is 961 g/mol. The molecule has 0 fully saturated rings. The summed E-state index contributed by atoms with van der Waals surface area (Å²) in [7, 11) is -3.15. The van der Waals surface area contributed by atoms with Gasteiger partial charge >= 0.3 is 12.4 Å². The highest BCUT2D eigenvalue weighted by molar-refractivity contribution is 7.93. The van der Waals surface area contributed by atoms with Gasteiger partial charge in [-0.15, -0.1) is 0 Å². The van der Waals surface area contributed by atoms with Gasteiger partial charge in [-0.05, 0) is 48.5 Å². The second-order valence-corrected chi connectivity index (χ2v) is 16.4. The number of ether oxygens (including phenoxy) is 1. The molecule has 4 aromatic rings. The lowest BCUT2D eigenvalue weighted by Gasteiger charge is -2.26. The predicted molar refractivity (Wildman–Crippen MR) is 202 cm³/mol. The van der Waals surface area contributed by atoms with Crippen LogP contribution in [0.15, 0.2) is 70.7 Å². The van der Waals surface area contributed by atoms with Gasteiger partial charge in [0.25, 0.3) is 31.9 Å². The molecule has 2 aromatic carbocycles. The van der Waals surface area contributed by atoms with Crippen molar-refractivity contribution in [2.75, 3.05) is 51.2 Å². The molecule has 0 atom stereocenters. The standard InChI is InChI=1S/C17H16Cl2F3N3O5S.C15H12Cl2F3N3O4S/c1-24(30-3)16(26)15-14(6-10(18)8-23-15)25(9-29-2)31(27,28)11-4-5-13(19)12(7-11)17(20,21)22;1-23(27-2)14(24)13-12(5-8(16)7-21-13)22-28(25,26)9-3-4-11(17)10(6-9)15(18,19)20/h4-8H,9H2,1-3H3;3-7,22H,1-2H3. The van der Waals surface area contributed by atoms with Crippen molar-refractivity contribution in [1.29, 1.82) is 0 Å². The molecule has 4 rings (SSSR count). The number of hydrogen-bond acceptors (Lipinski definition) is 11. The number of rotatable bonds is 12. The summed E-state index contributed by atoms with van der Waals surface area (Å²) in [5.74, 6) is -1.65. The molecule has 0 bridgehead atoms. The summed E-state index contributed by atoms with van der Waals surface area (Å²) in [6.07, 6.45) is -7.55. The van der Waals surface area contributed by atoms with Crippen LogP contribution < -0.4 is 9.03 Å². The van der Waals surface area contributed by atoms with Crippen LogP contribution in [0.1, 0.15) is 32.1 Å². The highest BCUT2D eigenvalue weighted by Crippen LogP contribution is 2.38. The third-order valence-electron chi connectivity index (χ3n) is 7.36. The molecule has 15 nitrogen and oxygen atoms in total. The number of hydroxylamine groups is 4. The van der Waals surface area contributed by atoms with Crippen LogP contribution in [-0.2, 0) is 46.8 Å². The first kappa shape index (κ1) is 49.2. The quantitative estimate of drug-likeness (QED) is 0.0837. The molecule has 1 N–H and O–H groups in total. The van der Waals surface area contributed by atoms with Gasteiger partial charge < -0.3 is 4.74 Å². The lowest BCUT2D eigenvalue weighted by molar-refractivity contribution is -0.138. The van der Waals surface area contributed by atoms with Crippen molar-refractivity contribution in [3.05, 3.63) is 104 Å². The highest BCUT2D eigenvalue weighted by Gasteiger charge is 2.37. The maximum Gasteiger partial charge on any atom is 0.417 e. The van der Waals surface area contributed by atoms with Crippen molar-refractivity contribution >= 4 is 89.6 Å². The van der Waals surface area contributed by atoms with E-state index in [4.69, 9.17) is 60.8 Å². The minimum absolute atomic E-state index is 0.0126. The normalized spacial score (nSPS) is 12.0. The number of alkyl halides is 6. The number of aromatic nitrogens is 2. The Labute approximate surface area is 352 Å². The number of sulfonamides is 2. The van der Waals surface area contributed by atoms with Crippen LogP contribution in [0.3, 0.4) is 0 Å². The summed E-state index contributed by atoms with van der Waals surface area (Å²) in [5.41, 5.74) is -4.10. The molecule has 27 heteroatoms. The SMILES string of the molecule is COCN(c1cc(Cl)cnc1C(=O)N(C)OC)S(=O)(=O)c1ccc(Cl)c(C(F)(F)F)c1.CON(C)C(=O)c1ncc(Cl)cc1NS(=O)(=O)c1ccc(Cl)c(C(F)(F)F)c1. The van der Waals surface area contributed by atoms with Crippen molar-refractivity contribution in [1.82, 2.24) is 20.1 Å². The number of pyridine rings is 2. The van der Waals surface area contributed by atoms with Crippen LogP contribution in [0.2, 0.25) is 20.1 Å². The van der Waals surface area contributed by atoms with Gasteiger partial charge in [0.2, 0.25) is 0 Å². The molecule has 0 aliphatic rings. The number of nitrogens with zero attached hydrogens (tertiary/aromatic N) is 5. The molecular formula is C32H28Cl4F6N6O9S2. The second kappa shape index (κ2) is 19.5. The molecule has 2 heterocycles. The molecule has 59 heavy (non-hydrogen) atoms. The van der Waals surface area contributed by atoms with Gasteiger partial charge in [-0.1, -0.05) is 46.4 Å². The maximum absolute atomic E-state index is 13.2. The van der Waals surface area contributed by atoms with E-state index in [0.717, 1.165) is 66.0 Å². The number of carbonyl (C=O) groups excluding carboxylic acids is 2. The van der Waals surface area contributed by atoms with Crippen LogP contribution >= 0.6 is 46.4 Å². The van der Waals surface area contributed by atoms with E-state index >= 15 is 0 Å². The van der Waals surface area contributed by atoms with Gasteiger partial charge in [0.15, 0.2) is 11.4 Å². The lowest BCUT2D eigenvalue weighted by atomic mass is 10.2. The Morgan fingerprint density at radius 2 is 1.14 bits per heavy atom. The Balaban J connectivity index is 0.000000317. The van der Waals surface area contributed by atoms with E-state index in [0.29, 0.717) is 16.4 Å². The summed E-state index contributed by atoms with van der Waals surface area (Å²) in [6.45, 7) is -0.661.